The van der Waals surface area contributed by atoms with Gasteiger partial charge in [0.25, 0.3) is 11.8 Å². The first-order valence-electron chi connectivity index (χ1n) is 4.81. The number of carbonyl (C=O) groups is 2. The first-order valence-corrected chi connectivity index (χ1v) is 4.81. The van der Waals surface area contributed by atoms with Crippen LogP contribution in [0.5, 0.6) is 0 Å². The number of likely N-dealkylation sites (tertiary alicyclic amines) is 1. The number of pyridine rings is 1. The van der Waals surface area contributed by atoms with Crippen molar-refractivity contribution in [3.63, 3.8) is 0 Å². The van der Waals surface area contributed by atoms with Crippen LogP contribution in [0.1, 0.15) is 20.8 Å². The number of nitrogens with two attached hydrogens (primary N) is 1. The highest BCUT2D eigenvalue weighted by Gasteiger charge is 2.29. The van der Waals surface area contributed by atoms with Crippen molar-refractivity contribution >= 4 is 11.8 Å². The van der Waals surface area contributed by atoms with Gasteiger partial charge in [0.15, 0.2) is 0 Å². The zero-order chi connectivity index (χ0) is 11.7. The summed E-state index contributed by atoms with van der Waals surface area (Å²) in [5.74, 6) is -0.895. The second-order valence-corrected chi connectivity index (χ2v) is 3.66. The van der Waals surface area contributed by atoms with E-state index in [-0.39, 0.29) is 11.6 Å². The topological polar surface area (TPSA) is 96.5 Å². The van der Waals surface area contributed by atoms with Gasteiger partial charge in [0.1, 0.15) is 5.69 Å². The van der Waals surface area contributed by atoms with Gasteiger partial charge >= 0.3 is 0 Å². The fourth-order valence-corrected chi connectivity index (χ4v) is 1.50. The third-order valence-corrected chi connectivity index (χ3v) is 2.41. The molecular formula is C10H11N3O3. The van der Waals surface area contributed by atoms with Crippen molar-refractivity contribution in [3.8, 4) is 0 Å². The summed E-state index contributed by atoms with van der Waals surface area (Å²) in [6, 6.07) is 2.87. The van der Waals surface area contributed by atoms with E-state index in [1.54, 1.807) is 0 Å². The van der Waals surface area contributed by atoms with Crippen LogP contribution in [0, 0.1) is 0 Å². The van der Waals surface area contributed by atoms with E-state index in [0.29, 0.717) is 18.7 Å². The van der Waals surface area contributed by atoms with E-state index in [1.165, 1.54) is 23.2 Å². The van der Waals surface area contributed by atoms with E-state index in [0.717, 1.165) is 0 Å². The molecule has 2 amide bonds. The Morgan fingerprint density at radius 3 is 2.75 bits per heavy atom. The lowest BCUT2D eigenvalue weighted by Gasteiger charge is -2.35. The van der Waals surface area contributed by atoms with Gasteiger partial charge in [-0.1, -0.05) is 0 Å². The number of aliphatic hydroxyl groups excluding tert-OH is 1. The molecule has 16 heavy (non-hydrogen) atoms. The Kier molecular flexibility index (Phi) is 2.57. The van der Waals surface area contributed by atoms with Crippen LogP contribution in [0.15, 0.2) is 18.3 Å². The zero-order valence-electron chi connectivity index (χ0n) is 8.46. The third kappa shape index (κ3) is 1.87. The van der Waals surface area contributed by atoms with Crippen molar-refractivity contribution in [2.45, 2.75) is 6.10 Å². The fourth-order valence-electron chi connectivity index (χ4n) is 1.50. The number of aromatic nitrogens is 1. The molecule has 0 aromatic carbocycles. The number of amides is 2. The Hall–Kier alpha value is -1.95. The minimum Gasteiger partial charge on any atom is -0.389 e. The highest BCUT2D eigenvalue weighted by atomic mass is 16.3. The number of hydrogen-bond donors (Lipinski definition) is 2. The standard InChI is InChI=1S/C10H11N3O3/c11-9(15)8-3-6(1-2-12-8)10(16)13-4-7(14)5-13/h1-3,7,14H,4-5H2,(H2,11,15). The molecule has 1 aromatic heterocycles. The number of carbonyl (C=O) groups excluding carboxylic acids is 2. The summed E-state index contributed by atoms with van der Waals surface area (Å²) in [7, 11) is 0. The molecule has 0 unspecified atom stereocenters. The summed E-state index contributed by atoms with van der Waals surface area (Å²) in [5.41, 5.74) is 5.48. The Labute approximate surface area is 91.7 Å². The first-order chi connectivity index (χ1) is 7.58. The lowest BCUT2D eigenvalue weighted by atomic mass is 10.1. The molecule has 84 valence electrons. The smallest absolute Gasteiger partial charge is 0.267 e. The average Bonchev–Trinajstić information content (AvgIpc) is 2.24. The highest BCUT2D eigenvalue weighted by molar-refractivity contribution is 5.98. The summed E-state index contributed by atoms with van der Waals surface area (Å²) in [5, 5.41) is 9.08. The van der Waals surface area contributed by atoms with E-state index in [9.17, 15) is 9.59 Å². The van der Waals surface area contributed by atoms with Gasteiger partial charge in [-0.05, 0) is 12.1 Å². The third-order valence-electron chi connectivity index (χ3n) is 2.41. The van der Waals surface area contributed by atoms with Crippen LogP contribution in [0.25, 0.3) is 0 Å². The normalized spacial score (nSPS) is 15.7. The van der Waals surface area contributed by atoms with Gasteiger partial charge in [0.2, 0.25) is 0 Å². The van der Waals surface area contributed by atoms with Crippen molar-refractivity contribution in [1.82, 2.24) is 9.88 Å². The average molecular weight is 221 g/mol. The zero-order valence-corrected chi connectivity index (χ0v) is 8.46. The molecule has 6 heteroatoms. The maximum atomic E-state index is 11.8. The summed E-state index contributed by atoms with van der Waals surface area (Å²) < 4.78 is 0. The number of rotatable bonds is 2. The summed E-state index contributed by atoms with van der Waals surface area (Å²) in [4.78, 5) is 27.9. The Bertz CT molecular complexity index is 441. The second-order valence-electron chi connectivity index (χ2n) is 3.66. The van der Waals surface area contributed by atoms with E-state index in [2.05, 4.69) is 4.98 Å². The molecule has 1 saturated heterocycles. The molecular weight excluding hydrogens is 210 g/mol. The predicted octanol–water partition coefficient (Wildman–Crippen LogP) is -1.00. The lowest BCUT2D eigenvalue weighted by Crippen LogP contribution is -2.53. The van der Waals surface area contributed by atoms with Gasteiger partial charge in [0, 0.05) is 24.8 Å². The molecule has 0 radical (unpaired) electrons. The van der Waals surface area contributed by atoms with Crippen LogP contribution in [-0.4, -0.2) is 46.0 Å². The van der Waals surface area contributed by atoms with Gasteiger partial charge in [-0.25, -0.2) is 0 Å². The van der Waals surface area contributed by atoms with Crippen molar-refractivity contribution < 1.29 is 14.7 Å². The van der Waals surface area contributed by atoms with Crippen LogP contribution in [0.2, 0.25) is 0 Å². The molecule has 1 aliphatic rings. The molecule has 0 aliphatic carbocycles. The van der Waals surface area contributed by atoms with E-state index < -0.39 is 12.0 Å². The minimum absolute atomic E-state index is 0.0620. The van der Waals surface area contributed by atoms with Gasteiger partial charge in [0.05, 0.1) is 6.10 Å². The summed E-state index contributed by atoms with van der Waals surface area (Å²) in [6.45, 7) is 0.653. The Balaban J connectivity index is 2.17. The van der Waals surface area contributed by atoms with Crippen LogP contribution in [0.3, 0.4) is 0 Å². The minimum atomic E-state index is -0.668. The molecule has 0 bridgehead atoms. The Morgan fingerprint density at radius 2 is 2.19 bits per heavy atom. The van der Waals surface area contributed by atoms with Gasteiger partial charge in [-0.2, -0.15) is 0 Å². The van der Waals surface area contributed by atoms with Crippen molar-refractivity contribution in [2.24, 2.45) is 5.73 Å². The molecule has 2 heterocycles. The van der Waals surface area contributed by atoms with Crippen LogP contribution in [-0.2, 0) is 0 Å². The molecule has 1 aliphatic heterocycles. The predicted molar refractivity (Wildman–Crippen MR) is 54.7 cm³/mol. The molecule has 0 spiro atoms. The maximum absolute atomic E-state index is 11.8. The number of β-amino-alcohol motifs (C(OH)–C–C–N with tert-alkyl or cyclic N) is 1. The highest BCUT2D eigenvalue weighted by Crippen LogP contribution is 2.13. The molecule has 0 saturated carbocycles. The molecule has 1 aromatic rings. The number of hydrogen-bond acceptors (Lipinski definition) is 4. The van der Waals surface area contributed by atoms with Crippen LogP contribution in [0.4, 0.5) is 0 Å². The van der Waals surface area contributed by atoms with Gasteiger partial charge in [-0.15, -0.1) is 0 Å². The molecule has 6 nitrogen and oxygen atoms in total. The van der Waals surface area contributed by atoms with Crippen molar-refractivity contribution in [2.75, 3.05) is 13.1 Å². The van der Waals surface area contributed by atoms with Crippen LogP contribution < -0.4 is 5.73 Å². The van der Waals surface area contributed by atoms with E-state index in [4.69, 9.17) is 10.8 Å². The fraction of sp³-hybridized carbons (Fsp3) is 0.300. The molecule has 2 rings (SSSR count). The number of primary amides is 1. The molecule has 3 N–H and O–H groups in total. The summed E-state index contributed by atoms with van der Waals surface area (Å²) in [6.07, 6.45) is 0.921. The Morgan fingerprint density at radius 1 is 1.50 bits per heavy atom. The first kappa shape index (κ1) is 10.6. The van der Waals surface area contributed by atoms with E-state index in [1.807, 2.05) is 0 Å². The van der Waals surface area contributed by atoms with Gasteiger partial charge < -0.3 is 15.7 Å². The number of aliphatic hydroxyl groups is 1. The maximum Gasteiger partial charge on any atom is 0.267 e. The second kappa shape index (κ2) is 3.90. The van der Waals surface area contributed by atoms with Gasteiger partial charge in [-0.3, -0.25) is 14.6 Å². The van der Waals surface area contributed by atoms with Crippen molar-refractivity contribution in [3.05, 3.63) is 29.6 Å². The molecule has 1 fully saturated rings. The SMILES string of the molecule is NC(=O)c1cc(C(=O)N2CC(O)C2)ccn1. The largest absolute Gasteiger partial charge is 0.389 e. The molecule has 0 atom stereocenters. The quantitative estimate of drug-likeness (QED) is 0.669. The monoisotopic (exact) mass is 221 g/mol. The summed E-state index contributed by atoms with van der Waals surface area (Å²) >= 11 is 0. The lowest BCUT2D eigenvalue weighted by molar-refractivity contribution is 0.00588. The van der Waals surface area contributed by atoms with E-state index >= 15 is 0 Å². The van der Waals surface area contributed by atoms with Crippen LogP contribution >= 0.6 is 0 Å². The van der Waals surface area contributed by atoms with Crippen molar-refractivity contribution in [1.29, 1.82) is 0 Å². The number of nitrogens with zero attached hydrogens (tertiary/aromatic N) is 2.